The number of halogens is 1. The molecule has 0 bridgehead atoms. The van der Waals surface area contributed by atoms with Gasteiger partial charge >= 0.3 is 5.97 Å². The van der Waals surface area contributed by atoms with Gasteiger partial charge in [-0.2, -0.15) is 0 Å². The van der Waals surface area contributed by atoms with Gasteiger partial charge in [-0.3, -0.25) is 4.79 Å². The van der Waals surface area contributed by atoms with Crippen molar-refractivity contribution in [3.05, 3.63) is 59.9 Å². The number of rotatable bonds is 4. The highest BCUT2D eigenvalue weighted by atomic mass is 19.1. The van der Waals surface area contributed by atoms with E-state index in [4.69, 9.17) is 5.73 Å². The third-order valence-corrected chi connectivity index (χ3v) is 3.07. The van der Waals surface area contributed by atoms with Crippen molar-refractivity contribution in [2.75, 3.05) is 7.11 Å². The third-order valence-electron chi connectivity index (χ3n) is 3.07. The van der Waals surface area contributed by atoms with E-state index in [0.29, 0.717) is 12.0 Å². The molecule has 4 heteroatoms. The van der Waals surface area contributed by atoms with Crippen molar-refractivity contribution in [2.24, 2.45) is 5.73 Å². The Morgan fingerprint density at radius 1 is 1.25 bits per heavy atom. The minimum Gasteiger partial charge on any atom is -0.468 e. The van der Waals surface area contributed by atoms with Crippen molar-refractivity contribution in [2.45, 2.75) is 12.5 Å². The van der Waals surface area contributed by atoms with Crippen molar-refractivity contribution in [1.82, 2.24) is 0 Å². The van der Waals surface area contributed by atoms with Crippen LogP contribution in [0.3, 0.4) is 0 Å². The van der Waals surface area contributed by atoms with Crippen LogP contribution in [0.1, 0.15) is 5.56 Å². The summed E-state index contributed by atoms with van der Waals surface area (Å²) in [6, 6.07) is 13.2. The van der Waals surface area contributed by atoms with Gasteiger partial charge in [-0.25, -0.2) is 4.39 Å². The molecule has 0 radical (unpaired) electrons. The molecule has 1 atom stereocenters. The van der Waals surface area contributed by atoms with E-state index in [-0.39, 0.29) is 5.82 Å². The monoisotopic (exact) mass is 273 g/mol. The molecule has 0 amide bonds. The molecule has 0 heterocycles. The van der Waals surface area contributed by atoms with Crippen LogP contribution in [0.15, 0.2) is 48.5 Å². The minimum absolute atomic E-state index is 0.276. The summed E-state index contributed by atoms with van der Waals surface area (Å²) in [5.41, 5.74) is 7.88. The molecular weight excluding hydrogens is 257 g/mol. The Labute approximate surface area is 117 Å². The number of carbonyl (C=O) groups is 1. The molecule has 2 aromatic carbocycles. The van der Waals surface area contributed by atoms with Crippen molar-refractivity contribution in [1.29, 1.82) is 0 Å². The van der Waals surface area contributed by atoms with Gasteiger partial charge in [0.1, 0.15) is 11.9 Å². The fourth-order valence-electron chi connectivity index (χ4n) is 2.05. The second-order valence-corrected chi connectivity index (χ2v) is 4.51. The summed E-state index contributed by atoms with van der Waals surface area (Å²) in [5, 5.41) is 0. The maximum atomic E-state index is 13.8. The van der Waals surface area contributed by atoms with Crippen LogP contribution in [0.5, 0.6) is 0 Å². The molecule has 0 aliphatic rings. The van der Waals surface area contributed by atoms with E-state index in [0.717, 1.165) is 11.1 Å². The van der Waals surface area contributed by atoms with Crippen LogP contribution in [0.25, 0.3) is 11.1 Å². The van der Waals surface area contributed by atoms with Crippen molar-refractivity contribution in [3.63, 3.8) is 0 Å². The molecule has 0 saturated carbocycles. The fourth-order valence-corrected chi connectivity index (χ4v) is 2.05. The summed E-state index contributed by atoms with van der Waals surface area (Å²) in [7, 11) is 1.30. The van der Waals surface area contributed by atoms with E-state index in [1.165, 1.54) is 13.2 Å². The molecule has 20 heavy (non-hydrogen) atoms. The van der Waals surface area contributed by atoms with Crippen LogP contribution in [0.2, 0.25) is 0 Å². The van der Waals surface area contributed by atoms with Crippen LogP contribution >= 0.6 is 0 Å². The number of benzene rings is 2. The van der Waals surface area contributed by atoms with Crippen LogP contribution in [-0.4, -0.2) is 19.1 Å². The van der Waals surface area contributed by atoms with Gasteiger partial charge in [0, 0.05) is 5.56 Å². The fraction of sp³-hybridized carbons (Fsp3) is 0.188. The van der Waals surface area contributed by atoms with E-state index in [9.17, 15) is 9.18 Å². The lowest BCUT2D eigenvalue weighted by atomic mass is 9.99. The molecule has 2 aromatic rings. The number of hydrogen-bond acceptors (Lipinski definition) is 3. The normalized spacial score (nSPS) is 11.9. The SMILES string of the molecule is COC(=O)C(N)Cc1cccc(-c2ccccc2F)c1. The van der Waals surface area contributed by atoms with Crippen molar-refractivity contribution >= 4 is 5.97 Å². The molecule has 0 spiro atoms. The Balaban J connectivity index is 2.25. The van der Waals surface area contributed by atoms with Gasteiger partial charge < -0.3 is 10.5 Å². The minimum atomic E-state index is -0.712. The number of carbonyl (C=O) groups excluding carboxylic acids is 1. The summed E-state index contributed by atoms with van der Waals surface area (Å²) >= 11 is 0. The molecule has 2 N–H and O–H groups in total. The third kappa shape index (κ3) is 3.22. The molecule has 0 aromatic heterocycles. The van der Waals surface area contributed by atoms with Gasteiger partial charge in [0.2, 0.25) is 0 Å². The number of hydrogen-bond donors (Lipinski definition) is 1. The van der Waals surface area contributed by atoms with Gasteiger partial charge in [0.25, 0.3) is 0 Å². The molecule has 0 fully saturated rings. The number of ether oxygens (including phenoxy) is 1. The first-order chi connectivity index (χ1) is 9.61. The largest absolute Gasteiger partial charge is 0.468 e. The standard InChI is InChI=1S/C16H16FNO2/c1-20-16(19)15(18)10-11-5-4-6-12(9-11)13-7-2-3-8-14(13)17/h2-9,15H,10,18H2,1H3. The van der Waals surface area contributed by atoms with E-state index in [2.05, 4.69) is 4.74 Å². The molecule has 0 aliphatic heterocycles. The van der Waals surface area contributed by atoms with Crippen LogP contribution in [0.4, 0.5) is 4.39 Å². The predicted molar refractivity (Wildman–Crippen MR) is 75.5 cm³/mol. The Morgan fingerprint density at radius 2 is 2.00 bits per heavy atom. The quantitative estimate of drug-likeness (QED) is 0.871. The highest BCUT2D eigenvalue weighted by Gasteiger charge is 2.14. The first-order valence-electron chi connectivity index (χ1n) is 6.29. The Bertz CT molecular complexity index is 613. The summed E-state index contributed by atoms with van der Waals surface area (Å²) < 4.78 is 18.3. The summed E-state index contributed by atoms with van der Waals surface area (Å²) in [6.07, 6.45) is 0.356. The van der Waals surface area contributed by atoms with Gasteiger partial charge in [-0.1, -0.05) is 42.5 Å². The van der Waals surface area contributed by atoms with Crippen molar-refractivity contribution < 1.29 is 13.9 Å². The molecular formula is C16H16FNO2. The van der Waals surface area contributed by atoms with E-state index in [1.807, 2.05) is 24.3 Å². The molecule has 0 saturated heterocycles. The van der Waals surface area contributed by atoms with Crippen LogP contribution in [0, 0.1) is 5.82 Å². The van der Waals surface area contributed by atoms with Crippen LogP contribution < -0.4 is 5.73 Å². The molecule has 104 valence electrons. The van der Waals surface area contributed by atoms with Gasteiger partial charge in [-0.05, 0) is 23.6 Å². The van der Waals surface area contributed by atoms with E-state index in [1.54, 1.807) is 18.2 Å². The zero-order valence-corrected chi connectivity index (χ0v) is 11.2. The Morgan fingerprint density at radius 3 is 2.70 bits per heavy atom. The van der Waals surface area contributed by atoms with E-state index >= 15 is 0 Å². The first kappa shape index (κ1) is 14.2. The zero-order valence-electron chi connectivity index (χ0n) is 11.2. The highest BCUT2D eigenvalue weighted by molar-refractivity contribution is 5.76. The summed E-state index contributed by atoms with van der Waals surface area (Å²) in [4.78, 5) is 11.3. The Kier molecular flexibility index (Phi) is 4.48. The van der Waals surface area contributed by atoms with Gasteiger partial charge in [-0.15, -0.1) is 0 Å². The lowest BCUT2D eigenvalue weighted by Gasteiger charge is -2.10. The molecule has 1 unspecified atom stereocenters. The number of methoxy groups -OCH3 is 1. The predicted octanol–water partition coefficient (Wildman–Crippen LogP) is 2.54. The van der Waals surface area contributed by atoms with E-state index < -0.39 is 12.0 Å². The molecule has 2 rings (SSSR count). The first-order valence-corrected chi connectivity index (χ1v) is 6.29. The van der Waals surface area contributed by atoms with Crippen LogP contribution in [-0.2, 0) is 16.0 Å². The lowest BCUT2D eigenvalue weighted by molar-refractivity contribution is -0.142. The number of nitrogens with two attached hydrogens (primary N) is 1. The molecule has 3 nitrogen and oxygen atoms in total. The van der Waals surface area contributed by atoms with Crippen molar-refractivity contribution in [3.8, 4) is 11.1 Å². The maximum Gasteiger partial charge on any atom is 0.322 e. The Hall–Kier alpha value is -2.20. The smallest absolute Gasteiger partial charge is 0.322 e. The lowest BCUT2D eigenvalue weighted by Crippen LogP contribution is -2.33. The zero-order chi connectivity index (χ0) is 14.5. The summed E-state index contributed by atoms with van der Waals surface area (Å²) in [5.74, 6) is -0.733. The highest BCUT2D eigenvalue weighted by Crippen LogP contribution is 2.23. The topological polar surface area (TPSA) is 52.3 Å². The second kappa shape index (κ2) is 6.30. The average molecular weight is 273 g/mol. The number of esters is 1. The second-order valence-electron chi connectivity index (χ2n) is 4.51. The van der Waals surface area contributed by atoms with Gasteiger partial charge in [0.05, 0.1) is 7.11 Å². The average Bonchev–Trinajstić information content (AvgIpc) is 2.47. The molecule has 0 aliphatic carbocycles. The maximum absolute atomic E-state index is 13.8. The van der Waals surface area contributed by atoms with Gasteiger partial charge in [0.15, 0.2) is 0 Å². The summed E-state index contributed by atoms with van der Waals surface area (Å²) in [6.45, 7) is 0.